The first-order chi connectivity index (χ1) is 10.0. The van der Waals surface area contributed by atoms with Crippen LogP contribution in [0.2, 0.25) is 0 Å². The molecule has 3 rings (SSSR count). The van der Waals surface area contributed by atoms with Gasteiger partial charge in [-0.3, -0.25) is 4.79 Å². The predicted molar refractivity (Wildman–Crippen MR) is 80.8 cm³/mol. The third kappa shape index (κ3) is 2.59. The van der Waals surface area contributed by atoms with Crippen molar-refractivity contribution >= 4 is 11.9 Å². The highest BCUT2D eigenvalue weighted by Crippen LogP contribution is 2.20. The summed E-state index contributed by atoms with van der Waals surface area (Å²) in [6, 6.07) is 5.90. The maximum absolute atomic E-state index is 12.7. The topological polar surface area (TPSA) is 72.1 Å². The molecule has 0 saturated heterocycles. The van der Waals surface area contributed by atoms with Crippen LogP contribution in [0.1, 0.15) is 32.7 Å². The van der Waals surface area contributed by atoms with Crippen LogP contribution in [0.15, 0.2) is 24.4 Å². The number of carbonyl (C=O) groups excluding carboxylic acids is 1. The highest BCUT2D eigenvalue weighted by atomic mass is 16.2. The second-order valence-corrected chi connectivity index (χ2v) is 5.50. The highest BCUT2D eigenvalue weighted by Gasteiger charge is 2.24. The molecule has 1 aromatic heterocycles. The summed E-state index contributed by atoms with van der Waals surface area (Å²) in [5, 5.41) is 0. The third-order valence-electron chi connectivity index (χ3n) is 3.86. The number of aromatic nitrogens is 2. The molecule has 1 amide bonds. The largest absolute Gasteiger partial charge is 0.368 e. The Kier molecular flexibility index (Phi) is 3.33. The average molecular weight is 282 g/mol. The van der Waals surface area contributed by atoms with Crippen LogP contribution in [-0.2, 0) is 13.0 Å². The van der Waals surface area contributed by atoms with E-state index < -0.39 is 0 Å². The van der Waals surface area contributed by atoms with E-state index in [0.29, 0.717) is 13.1 Å². The molecule has 5 heteroatoms. The molecule has 2 heterocycles. The Balaban J connectivity index is 1.87. The van der Waals surface area contributed by atoms with E-state index >= 15 is 0 Å². The van der Waals surface area contributed by atoms with Gasteiger partial charge in [-0.25, -0.2) is 9.97 Å². The number of nitrogens with zero attached hydrogens (tertiary/aromatic N) is 3. The number of hydrogen-bond acceptors (Lipinski definition) is 4. The molecule has 2 aromatic rings. The van der Waals surface area contributed by atoms with Gasteiger partial charge in [0.2, 0.25) is 5.95 Å². The Morgan fingerprint density at radius 2 is 2.14 bits per heavy atom. The summed E-state index contributed by atoms with van der Waals surface area (Å²) in [5.41, 5.74) is 10.5. The molecular weight excluding hydrogens is 264 g/mol. The summed E-state index contributed by atoms with van der Waals surface area (Å²) in [6.45, 7) is 5.18. The van der Waals surface area contributed by atoms with Crippen LogP contribution >= 0.6 is 0 Å². The first kappa shape index (κ1) is 13.5. The minimum absolute atomic E-state index is 0.0512. The van der Waals surface area contributed by atoms with Crippen molar-refractivity contribution in [2.24, 2.45) is 0 Å². The number of benzene rings is 1. The molecule has 1 aliphatic heterocycles. The van der Waals surface area contributed by atoms with Crippen molar-refractivity contribution in [1.29, 1.82) is 0 Å². The van der Waals surface area contributed by atoms with Gasteiger partial charge in [0.1, 0.15) is 0 Å². The van der Waals surface area contributed by atoms with Crippen molar-refractivity contribution in [3.05, 3.63) is 52.3 Å². The molecule has 5 nitrogen and oxygen atoms in total. The second-order valence-electron chi connectivity index (χ2n) is 5.50. The first-order valence-corrected chi connectivity index (χ1v) is 7.01. The van der Waals surface area contributed by atoms with E-state index in [0.717, 1.165) is 34.4 Å². The predicted octanol–water partition coefficient (Wildman–Crippen LogP) is 1.87. The molecule has 0 spiro atoms. The lowest BCUT2D eigenvalue weighted by molar-refractivity contribution is 0.0731. The number of aryl methyl sites for hydroxylation is 2. The van der Waals surface area contributed by atoms with Crippen molar-refractivity contribution in [2.75, 3.05) is 12.3 Å². The maximum atomic E-state index is 12.7. The van der Waals surface area contributed by atoms with Crippen LogP contribution in [0, 0.1) is 13.8 Å². The van der Waals surface area contributed by atoms with Crippen molar-refractivity contribution in [2.45, 2.75) is 26.8 Å². The van der Waals surface area contributed by atoms with Gasteiger partial charge in [-0.2, -0.15) is 0 Å². The van der Waals surface area contributed by atoms with E-state index in [1.165, 1.54) is 0 Å². The molecule has 108 valence electrons. The van der Waals surface area contributed by atoms with Gasteiger partial charge in [0.25, 0.3) is 5.91 Å². The Morgan fingerprint density at radius 3 is 2.90 bits per heavy atom. The average Bonchev–Trinajstić information content (AvgIpc) is 2.46. The molecule has 0 aliphatic carbocycles. The van der Waals surface area contributed by atoms with E-state index in [-0.39, 0.29) is 11.9 Å². The number of anilines is 1. The fourth-order valence-corrected chi connectivity index (χ4v) is 2.72. The van der Waals surface area contributed by atoms with Crippen LogP contribution in [-0.4, -0.2) is 27.3 Å². The summed E-state index contributed by atoms with van der Waals surface area (Å²) in [5.74, 6) is 0.310. The first-order valence-electron chi connectivity index (χ1n) is 7.01. The number of amides is 1. The van der Waals surface area contributed by atoms with Crippen LogP contribution in [0.25, 0.3) is 0 Å². The highest BCUT2D eigenvalue weighted by molar-refractivity contribution is 5.95. The van der Waals surface area contributed by atoms with Crippen molar-refractivity contribution in [3.63, 3.8) is 0 Å². The zero-order valence-electron chi connectivity index (χ0n) is 12.3. The van der Waals surface area contributed by atoms with Crippen LogP contribution in [0.5, 0.6) is 0 Å². The number of carbonyl (C=O) groups is 1. The molecule has 0 fully saturated rings. The fourth-order valence-electron chi connectivity index (χ4n) is 2.72. The van der Waals surface area contributed by atoms with Crippen LogP contribution in [0.3, 0.4) is 0 Å². The van der Waals surface area contributed by atoms with E-state index in [1.807, 2.05) is 36.9 Å². The SMILES string of the molecule is Cc1ccc(C(=O)N2CCc3cnc(N)nc3C2)c(C)c1. The normalized spacial score (nSPS) is 13.9. The zero-order chi connectivity index (χ0) is 15.0. The van der Waals surface area contributed by atoms with Gasteiger partial charge in [0, 0.05) is 18.3 Å². The molecule has 0 radical (unpaired) electrons. The van der Waals surface area contributed by atoms with Gasteiger partial charge >= 0.3 is 0 Å². The van der Waals surface area contributed by atoms with Crippen molar-refractivity contribution < 1.29 is 4.79 Å². The Hall–Kier alpha value is -2.43. The van der Waals surface area contributed by atoms with Crippen molar-refractivity contribution in [1.82, 2.24) is 14.9 Å². The third-order valence-corrected chi connectivity index (χ3v) is 3.86. The van der Waals surface area contributed by atoms with E-state index in [1.54, 1.807) is 6.20 Å². The summed E-state index contributed by atoms with van der Waals surface area (Å²) >= 11 is 0. The van der Waals surface area contributed by atoms with Gasteiger partial charge < -0.3 is 10.6 Å². The number of hydrogen-bond donors (Lipinski definition) is 1. The molecule has 0 bridgehead atoms. The summed E-state index contributed by atoms with van der Waals surface area (Å²) in [4.78, 5) is 22.8. The molecule has 0 unspecified atom stereocenters. The lowest BCUT2D eigenvalue weighted by atomic mass is 10.0. The van der Waals surface area contributed by atoms with E-state index in [4.69, 9.17) is 5.73 Å². The smallest absolute Gasteiger partial charge is 0.254 e. The number of nitrogen functional groups attached to an aromatic ring is 1. The molecule has 0 atom stereocenters. The van der Waals surface area contributed by atoms with Gasteiger partial charge in [-0.05, 0) is 37.5 Å². The van der Waals surface area contributed by atoms with Gasteiger partial charge in [0.15, 0.2) is 0 Å². The second kappa shape index (κ2) is 5.16. The number of rotatable bonds is 1. The molecule has 1 aromatic carbocycles. The standard InChI is InChI=1S/C16H18N4O/c1-10-3-4-13(11(2)7-10)15(21)20-6-5-12-8-18-16(17)19-14(12)9-20/h3-4,7-8H,5-6,9H2,1-2H3,(H2,17,18,19). The van der Waals surface area contributed by atoms with Gasteiger partial charge in [-0.15, -0.1) is 0 Å². The maximum Gasteiger partial charge on any atom is 0.254 e. The quantitative estimate of drug-likeness (QED) is 0.866. The Labute approximate surface area is 123 Å². The minimum Gasteiger partial charge on any atom is -0.368 e. The summed E-state index contributed by atoms with van der Waals surface area (Å²) in [6.07, 6.45) is 2.53. The van der Waals surface area contributed by atoms with Crippen LogP contribution < -0.4 is 5.73 Å². The van der Waals surface area contributed by atoms with Gasteiger partial charge in [0.05, 0.1) is 12.2 Å². The van der Waals surface area contributed by atoms with E-state index in [9.17, 15) is 4.79 Å². The molecular formula is C16H18N4O. The van der Waals surface area contributed by atoms with Crippen molar-refractivity contribution in [3.8, 4) is 0 Å². The number of fused-ring (bicyclic) bond motifs is 1. The lowest BCUT2D eigenvalue weighted by Gasteiger charge is -2.28. The minimum atomic E-state index is 0.0512. The molecule has 1 aliphatic rings. The summed E-state index contributed by atoms with van der Waals surface area (Å²) < 4.78 is 0. The molecule has 0 saturated carbocycles. The van der Waals surface area contributed by atoms with Gasteiger partial charge in [-0.1, -0.05) is 17.7 Å². The lowest BCUT2D eigenvalue weighted by Crippen LogP contribution is -2.37. The Bertz CT molecular complexity index is 711. The van der Waals surface area contributed by atoms with Crippen LogP contribution in [0.4, 0.5) is 5.95 Å². The Morgan fingerprint density at radius 1 is 1.33 bits per heavy atom. The summed E-state index contributed by atoms with van der Waals surface area (Å²) in [7, 11) is 0. The van der Waals surface area contributed by atoms with E-state index in [2.05, 4.69) is 9.97 Å². The monoisotopic (exact) mass is 282 g/mol. The zero-order valence-corrected chi connectivity index (χ0v) is 12.3. The molecule has 21 heavy (non-hydrogen) atoms. The molecule has 2 N–H and O–H groups in total. The number of nitrogens with two attached hydrogens (primary N) is 1. The fraction of sp³-hybridized carbons (Fsp3) is 0.312.